The molecule has 21 heavy (non-hydrogen) atoms. The zero-order chi connectivity index (χ0) is 14.6. The van der Waals surface area contributed by atoms with Crippen LogP contribution in [-0.2, 0) is 14.2 Å². The normalized spacial score (nSPS) is 34.4. The van der Waals surface area contributed by atoms with Crippen molar-refractivity contribution in [1.29, 1.82) is 0 Å². The van der Waals surface area contributed by atoms with E-state index >= 15 is 0 Å². The number of nitrogens with zero attached hydrogens (tertiary/aromatic N) is 3. The SMILES string of the molecule is CC1(C)O[C@@H]2[C@H](O1)[C@@H](CO)O[C@H]2n1nnc2ccccc21. The Morgan fingerprint density at radius 3 is 2.81 bits per heavy atom. The minimum Gasteiger partial charge on any atom is -0.394 e. The summed E-state index contributed by atoms with van der Waals surface area (Å²) in [6.07, 6.45) is -1.51. The summed E-state index contributed by atoms with van der Waals surface area (Å²) in [6.45, 7) is 3.59. The molecule has 0 unspecified atom stereocenters. The third kappa shape index (κ3) is 1.96. The summed E-state index contributed by atoms with van der Waals surface area (Å²) >= 11 is 0. The molecule has 7 heteroatoms. The fourth-order valence-electron chi connectivity index (χ4n) is 3.08. The number of ether oxygens (including phenoxy) is 3. The van der Waals surface area contributed by atoms with Crippen molar-refractivity contribution in [2.75, 3.05) is 6.61 Å². The first-order chi connectivity index (χ1) is 10.1. The third-order valence-corrected chi connectivity index (χ3v) is 3.92. The lowest BCUT2D eigenvalue weighted by atomic mass is 10.1. The number of rotatable bonds is 2. The first kappa shape index (κ1) is 13.1. The Labute approximate surface area is 121 Å². The van der Waals surface area contributed by atoms with Gasteiger partial charge in [-0.25, -0.2) is 4.68 Å². The van der Waals surface area contributed by atoms with Crippen molar-refractivity contribution in [3.05, 3.63) is 24.3 Å². The number of aliphatic hydroxyl groups is 1. The Morgan fingerprint density at radius 1 is 1.24 bits per heavy atom. The van der Waals surface area contributed by atoms with Gasteiger partial charge in [-0.05, 0) is 26.0 Å². The summed E-state index contributed by atoms with van der Waals surface area (Å²) in [7, 11) is 0. The van der Waals surface area contributed by atoms with Gasteiger partial charge >= 0.3 is 0 Å². The molecule has 7 nitrogen and oxygen atoms in total. The number of aromatic nitrogens is 3. The lowest BCUT2D eigenvalue weighted by Crippen LogP contribution is -2.31. The zero-order valence-corrected chi connectivity index (χ0v) is 11.8. The molecule has 1 N–H and O–H groups in total. The number of hydrogen-bond donors (Lipinski definition) is 1. The Kier molecular flexibility index (Phi) is 2.80. The van der Waals surface area contributed by atoms with Gasteiger partial charge in [0.05, 0.1) is 12.1 Å². The van der Waals surface area contributed by atoms with E-state index in [0.29, 0.717) is 0 Å². The van der Waals surface area contributed by atoms with Gasteiger partial charge in [0.25, 0.3) is 0 Å². The van der Waals surface area contributed by atoms with Crippen LogP contribution in [0.2, 0.25) is 0 Å². The molecular weight excluding hydrogens is 274 g/mol. The van der Waals surface area contributed by atoms with Crippen molar-refractivity contribution in [2.24, 2.45) is 0 Å². The Balaban J connectivity index is 1.75. The van der Waals surface area contributed by atoms with E-state index in [1.165, 1.54) is 0 Å². The van der Waals surface area contributed by atoms with E-state index < -0.39 is 18.1 Å². The largest absolute Gasteiger partial charge is 0.394 e. The molecule has 0 aliphatic carbocycles. The molecule has 2 aliphatic heterocycles. The second-order valence-electron chi connectivity index (χ2n) is 5.84. The van der Waals surface area contributed by atoms with Crippen molar-refractivity contribution >= 4 is 11.0 Å². The van der Waals surface area contributed by atoms with E-state index in [1.807, 2.05) is 38.1 Å². The summed E-state index contributed by atoms with van der Waals surface area (Å²) in [5.74, 6) is -0.693. The molecule has 0 spiro atoms. The van der Waals surface area contributed by atoms with Crippen LogP contribution in [0.1, 0.15) is 20.1 Å². The minimum absolute atomic E-state index is 0.121. The molecule has 1 aromatic carbocycles. The van der Waals surface area contributed by atoms with E-state index in [2.05, 4.69) is 10.3 Å². The first-order valence-corrected chi connectivity index (χ1v) is 7.01. The van der Waals surface area contributed by atoms with Crippen LogP contribution < -0.4 is 0 Å². The maximum atomic E-state index is 9.51. The topological polar surface area (TPSA) is 78.6 Å². The van der Waals surface area contributed by atoms with E-state index in [0.717, 1.165) is 11.0 Å². The Hall–Kier alpha value is -1.54. The van der Waals surface area contributed by atoms with Gasteiger partial charge in [0.2, 0.25) is 0 Å². The molecule has 4 atom stereocenters. The van der Waals surface area contributed by atoms with Crippen molar-refractivity contribution < 1.29 is 19.3 Å². The lowest BCUT2D eigenvalue weighted by molar-refractivity contribution is -0.201. The first-order valence-electron chi connectivity index (χ1n) is 7.01. The average Bonchev–Trinajstić information content (AvgIpc) is 3.09. The highest BCUT2D eigenvalue weighted by atomic mass is 16.8. The second-order valence-corrected chi connectivity index (χ2v) is 5.84. The van der Waals surface area contributed by atoms with Crippen LogP contribution in [0.5, 0.6) is 0 Å². The minimum atomic E-state index is -0.693. The average molecular weight is 291 g/mol. The molecule has 1 aromatic heterocycles. The van der Waals surface area contributed by atoms with Crippen molar-refractivity contribution in [3.8, 4) is 0 Å². The van der Waals surface area contributed by atoms with Gasteiger partial charge in [0.15, 0.2) is 12.0 Å². The van der Waals surface area contributed by atoms with E-state index in [1.54, 1.807) is 4.68 Å². The van der Waals surface area contributed by atoms with Crippen LogP contribution >= 0.6 is 0 Å². The quantitative estimate of drug-likeness (QED) is 0.883. The number of fused-ring (bicyclic) bond motifs is 2. The van der Waals surface area contributed by atoms with E-state index in [-0.39, 0.29) is 18.8 Å². The molecule has 0 radical (unpaired) electrons. The molecule has 2 aliphatic rings. The standard InChI is InChI=1S/C14H17N3O4/c1-14(2)20-11-10(7-18)19-13(12(11)21-14)17-9-6-4-3-5-8(9)15-16-17/h3-6,10-13,18H,7H2,1-2H3/t10-,11-,12-,13-/m1/s1. The lowest BCUT2D eigenvalue weighted by Gasteiger charge is -2.23. The van der Waals surface area contributed by atoms with Crippen molar-refractivity contribution in [1.82, 2.24) is 15.0 Å². The molecule has 0 bridgehead atoms. The van der Waals surface area contributed by atoms with Gasteiger partial charge in [0.1, 0.15) is 23.8 Å². The monoisotopic (exact) mass is 291 g/mol. The number of para-hydroxylation sites is 1. The van der Waals surface area contributed by atoms with Crippen LogP contribution in [0.4, 0.5) is 0 Å². The predicted octanol–water partition coefficient (Wildman–Crippen LogP) is 0.841. The number of hydrogen-bond acceptors (Lipinski definition) is 6. The molecule has 2 fully saturated rings. The summed E-state index contributed by atoms with van der Waals surface area (Å²) in [6, 6.07) is 7.66. The van der Waals surface area contributed by atoms with E-state index in [9.17, 15) is 5.11 Å². The molecule has 0 amide bonds. The Bertz CT molecular complexity index is 671. The van der Waals surface area contributed by atoms with Crippen LogP contribution in [0.25, 0.3) is 11.0 Å². The molecular formula is C14H17N3O4. The fraction of sp³-hybridized carbons (Fsp3) is 0.571. The maximum absolute atomic E-state index is 9.51. The maximum Gasteiger partial charge on any atom is 0.181 e. The number of aliphatic hydroxyl groups excluding tert-OH is 1. The molecule has 112 valence electrons. The molecule has 2 saturated heterocycles. The van der Waals surface area contributed by atoms with Crippen LogP contribution in [-0.4, -0.2) is 50.8 Å². The zero-order valence-electron chi connectivity index (χ0n) is 11.8. The summed E-state index contributed by atoms with van der Waals surface area (Å²) in [5, 5.41) is 17.8. The molecule has 2 aromatic rings. The van der Waals surface area contributed by atoms with Crippen molar-refractivity contribution in [3.63, 3.8) is 0 Å². The highest BCUT2D eigenvalue weighted by molar-refractivity contribution is 5.73. The van der Waals surface area contributed by atoms with Crippen LogP contribution in [0.15, 0.2) is 24.3 Å². The fourth-order valence-corrected chi connectivity index (χ4v) is 3.08. The van der Waals surface area contributed by atoms with Gasteiger partial charge in [0, 0.05) is 0 Å². The third-order valence-electron chi connectivity index (χ3n) is 3.92. The van der Waals surface area contributed by atoms with Gasteiger partial charge < -0.3 is 19.3 Å². The number of benzene rings is 1. The van der Waals surface area contributed by atoms with Crippen LogP contribution in [0.3, 0.4) is 0 Å². The van der Waals surface area contributed by atoms with Gasteiger partial charge in [-0.1, -0.05) is 17.3 Å². The van der Waals surface area contributed by atoms with Gasteiger partial charge in [-0.3, -0.25) is 0 Å². The van der Waals surface area contributed by atoms with Crippen LogP contribution in [0, 0.1) is 0 Å². The molecule has 3 heterocycles. The highest BCUT2D eigenvalue weighted by Crippen LogP contribution is 2.43. The Morgan fingerprint density at radius 2 is 2.00 bits per heavy atom. The molecule has 0 saturated carbocycles. The smallest absolute Gasteiger partial charge is 0.181 e. The summed E-state index contributed by atoms with van der Waals surface area (Å²) in [5.41, 5.74) is 1.66. The van der Waals surface area contributed by atoms with Gasteiger partial charge in [-0.15, -0.1) is 5.10 Å². The highest BCUT2D eigenvalue weighted by Gasteiger charge is 2.56. The predicted molar refractivity (Wildman–Crippen MR) is 72.3 cm³/mol. The summed E-state index contributed by atoms with van der Waals surface area (Å²) in [4.78, 5) is 0. The van der Waals surface area contributed by atoms with Crippen molar-refractivity contribution in [2.45, 2.75) is 44.2 Å². The molecule has 4 rings (SSSR count). The second kappa shape index (κ2) is 4.48. The summed E-state index contributed by atoms with van der Waals surface area (Å²) < 4.78 is 19.4. The van der Waals surface area contributed by atoms with Gasteiger partial charge in [-0.2, -0.15) is 0 Å². The van der Waals surface area contributed by atoms with E-state index in [4.69, 9.17) is 14.2 Å².